The van der Waals surface area contributed by atoms with Crippen molar-refractivity contribution in [1.29, 1.82) is 0 Å². The third-order valence-electron chi connectivity index (χ3n) is 2.39. The smallest absolute Gasteiger partial charge is 0.139 e. The lowest BCUT2D eigenvalue weighted by Crippen LogP contribution is -1.99. The number of aryl methyl sites for hydroxylation is 2. The number of hydrogen-bond donors (Lipinski definition) is 0. The van der Waals surface area contributed by atoms with E-state index < -0.39 is 0 Å². The minimum atomic E-state index is 0.604. The highest BCUT2D eigenvalue weighted by Crippen LogP contribution is 2.27. The molecule has 0 fully saturated rings. The highest BCUT2D eigenvalue weighted by atomic mass is 35.5. The Bertz CT molecular complexity index is 520. The summed E-state index contributed by atoms with van der Waals surface area (Å²) in [5.41, 5.74) is 3.03. The van der Waals surface area contributed by atoms with Crippen molar-refractivity contribution >= 4 is 11.6 Å². The molecule has 1 aromatic heterocycles. The largest absolute Gasteiger partial charge is 0.495 e. The third-order valence-corrected chi connectivity index (χ3v) is 2.70. The standard InChI is InChI=1S/C12H13ClN2O/c1-8-6-9(2)15(14-8)10-4-5-11(13)12(7-10)16-3/h4-7H,1-3H3. The van der Waals surface area contributed by atoms with Gasteiger partial charge in [0.2, 0.25) is 0 Å². The second-order valence-electron chi connectivity index (χ2n) is 3.66. The van der Waals surface area contributed by atoms with Crippen LogP contribution in [0.2, 0.25) is 5.02 Å². The number of halogens is 1. The molecule has 0 unspecified atom stereocenters. The first-order valence-electron chi connectivity index (χ1n) is 4.99. The van der Waals surface area contributed by atoms with Gasteiger partial charge in [0, 0.05) is 11.8 Å². The van der Waals surface area contributed by atoms with Gasteiger partial charge in [-0.3, -0.25) is 0 Å². The van der Waals surface area contributed by atoms with Gasteiger partial charge in [-0.05, 0) is 32.0 Å². The summed E-state index contributed by atoms with van der Waals surface area (Å²) in [5, 5.41) is 5.01. The van der Waals surface area contributed by atoms with Gasteiger partial charge in [0.15, 0.2) is 0 Å². The molecule has 16 heavy (non-hydrogen) atoms. The molecule has 2 rings (SSSR count). The van der Waals surface area contributed by atoms with Crippen molar-refractivity contribution in [2.24, 2.45) is 0 Å². The van der Waals surface area contributed by atoms with Gasteiger partial charge in [0.05, 0.1) is 23.5 Å². The van der Waals surface area contributed by atoms with Crippen molar-refractivity contribution in [2.45, 2.75) is 13.8 Å². The minimum absolute atomic E-state index is 0.604. The second kappa shape index (κ2) is 4.18. The Morgan fingerprint density at radius 2 is 2.00 bits per heavy atom. The number of benzene rings is 1. The van der Waals surface area contributed by atoms with E-state index in [2.05, 4.69) is 5.10 Å². The van der Waals surface area contributed by atoms with E-state index in [0.717, 1.165) is 17.1 Å². The quantitative estimate of drug-likeness (QED) is 0.801. The average molecular weight is 237 g/mol. The highest BCUT2D eigenvalue weighted by molar-refractivity contribution is 6.32. The van der Waals surface area contributed by atoms with E-state index >= 15 is 0 Å². The summed E-state index contributed by atoms with van der Waals surface area (Å²) in [4.78, 5) is 0. The lowest BCUT2D eigenvalue weighted by molar-refractivity contribution is 0.414. The van der Waals surface area contributed by atoms with Crippen molar-refractivity contribution in [3.8, 4) is 11.4 Å². The number of rotatable bonds is 2. The topological polar surface area (TPSA) is 27.1 Å². The predicted molar refractivity (Wildman–Crippen MR) is 64.6 cm³/mol. The van der Waals surface area contributed by atoms with Crippen LogP contribution in [0.3, 0.4) is 0 Å². The Labute approximate surface area is 99.6 Å². The fourth-order valence-electron chi connectivity index (χ4n) is 1.67. The van der Waals surface area contributed by atoms with E-state index in [4.69, 9.17) is 16.3 Å². The first kappa shape index (κ1) is 11.0. The molecule has 4 heteroatoms. The summed E-state index contributed by atoms with van der Waals surface area (Å²) in [5.74, 6) is 0.659. The molecule has 0 aliphatic heterocycles. The second-order valence-corrected chi connectivity index (χ2v) is 4.06. The molecular formula is C12H13ClN2O. The van der Waals surface area contributed by atoms with Gasteiger partial charge in [-0.15, -0.1) is 0 Å². The van der Waals surface area contributed by atoms with Crippen molar-refractivity contribution in [3.63, 3.8) is 0 Å². The van der Waals surface area contributed by atoms with Crippen LogP contribution < -0.4 is 4.74 Å². The normalized spacial score (nSPS) is 10.5. The molecule has 2 aromatic rings. The maximum Gasteiger partial charge on any atom is 0.139 e. The Morgan fingerprint density at radius 1 is 1.25 bits per heavy atom. The van der Waals surface area contributed by atoms with E-state index in [-0.39, 0.29) is 0 Å². The van der Waals surface area contributed by atoms with Crippen LogP contribution in [-0.2, 0) is 0 Å². The van der Waals surface area contributed by atoms with Gasteiger partial charge in [-0.2, -0.15) is 5.10 Å². The minimum Gasteiger partial charge on any atom is -0.495 e. The lowest BCUT2D eigenvalue weighted by Gasteiger charge is -2.08. The summed E-state index contributed by atoms with van der Waals surface area (Å²) in [6.45, 7) is 3.98. The predicted octanol–water partition coefficient (Wildman–Crippen LogP) is 3.15. The van der Waals surface area contributed by atoms with Crippen LogP contribution in [0.4, 0.5) is 0 Å². The van der Waals surface area contributed by atoms with E-state index in [9.17, 15) is 0 Å². The van der Waals surface area contributed by atoms with Crippen molar-refractivity contribution in [2.75, 3.05) is 7.11 Å². The molecule has 0 amide bonds. The zero-order valence-corrected chi connectivity index (χ0v) is 10.2. The highest BCUT2D eigenvalue weighted by Gasteiger charge is 2.07. The SMILES string of the molecule is COc1cc(-n2nc(C)cc2C)ccc1Cl. The zero-order chi connectivity index (χ0) is 11.7. The van der Waals surface area contributed by atoms with Gasteiger partial charge in [-0.25, -0.2) is 4.68 Å². The van der Waals surface area contributed by atoms with Crippen LogP contribution in [0.15, 0.2) is 24.3 Å². The Balaban J connectivity index is 2.52. The Kier molecular flexibility index (Phi) is 2.88. The van der Waals surface area contributed by atoms with Crippen LogP contribution in [0, 0.1) is 13.8 Å². The molecule has 0 atom stereocenters. The number of hydrogen-bond acceptors (Lipinski definition) is 2. The number of methoxy groups -OCH3 is 1. The molecule has 0 aliphatic carbocycles. The number of aromatic nitrogens is 2. The average Bonchev–Trinajstić information content (AvgIpc) is 2.59. The molecule has 0 saturated carbocycles. The molecular weight excluding hydrogens is 224 g/mol. The molecule has 84 valence electrons. The van der Waals surface area contributed by atoms with Crippen LogP contribution in [0.25, 0.3) is 5.69 Å². The van der Waals surface area contributed by atoms with E-state index in [1.165, 1.54) is 0 Å². The van der Waals surface area contributed by atoms with Crippen molar-refractivity contribution in [1.82, 2.24) is 9.78 Å². The van der Waals surface area contributed by atoms with E-state index in [1.807, 2.05) is 42.8 Å². The van der Waals surface area contributed by atoms with Crippen LogP contribution in [0.1, 0.15) is 11.4 Å². The maximum atomic E-state index is 5.97. The zero-order valence-electron chi connectivity index (χ0n) is 9.49. The molecule has 0 radical (unpaired) electrons. The molecule has 1 aromatic carbocycles. The molecule has 3 nitrogen and oxygen atoms in total. The van der Waals surface area contributed by atoms with E-state index in [1.54, 1.807) is 7.11 Å². The first-order valence-corrected chi connectivity index (χ1v) is 5.37. The monoisotopic (exact) mass is 236 g/mol. The van der Waals surface area contributed by atoms with Gasteiger partial charge in [0.1, 0.15) is 5.75 Å². The van der Waals surface area contributed by atoms with Gasteiger partial charge in [0.25, 0.3) is 0 Å². The summed E-state index contributed by atoms with van der Waals surface area (Å²) >= 11 is 5.97. The number of ether oxygens (including phenoxy) is 1. The summed E-state index contributed by atoms with van der Waals surface area (Å²) in [6.07, 6.45) is 0. The molecule has 0 aliphatic rings. The Morgan fingerprint density at radius 3 is 2.56 bits per heavy atom. The van der Waals surface area contributed by atoms with Crippen molar-refractivity contribution in [3.05, 3.63) is 40.7 Å². The fraction of sp³-hybridized carbons (Fsp3) is 0.250. The molecule has 0 N–H and O–H groups in total. The van der Waals surface area contributed by atoms with Crippen LogP contribution in [-0.4, -0.2) is 16.9 Å². The lowest BCUT2D eigenvalue weighted by atomic mass is 10.3. The molecule has 0 spiro atoms. The third kappa shape index (κ3) is 1.91. The van der Waals surface area contributed by atoms with Gasteiger partial charge < -0.3 is 4.74 Å². The van der Waals surface area contributed by atoms with Gasteiger partial charge in [-0.1, -0.05) is 11.6 Å². The Hall–Kier alpha value is -1.48. The number of nitrogens with zero attached hydrogens (tertiary/aromatic N) is 2. The van der Waals surface area contributed by atoms with Gasteiger partial charge >= 0.3 is 0 Å². The summed E-state index contributed by atoms with van der Waals surface area (Å²) in [6, 6.07) is 7.64. The summed E-state index contributed by atoms with van der Waals surface area (Å²) < 4.78 is 7.05. The maximum absolute atomic E-state index is 5.97. The van der Waals surface area contributed by atoms with Crippen LogP contribution >= 0.6 is 11.6 Å². The fourth-order valence-corrected chi connectivity index (χ4v) is 1.87. The van der Waals surface area contributed by atoms with Crippen molar-refractivity contribution < 1.29 is 4.74 Å². The van der Waals surface area contributed by atoms with E-state index in [0.29, 0.717) is 10.8 Å². The molecule has 1 heterocycles. The molecule has 0 saturated heterocycles. The summed E-state index contributed by atoms with van der Waals surface area (Å²) in [7, 11) is 1.60. The molecule has 0 bridgehead atoms. The first-order chi connectivity index (χ1) is 7.61. The van der Waals surface area contributed by atoms with Crippen LogP contribution in [0.5, 0.6) is 5.75 Å².